The zero-order valence-corrected chi connectivity index (χ0v) is 12.7. The van der Waals surface area contributed by atoms with Crippen molar-refractivity contribution >= 4 is 15.9 Å². The molecule has 0 fully saturated rings. The third kappa shape index (κ3) is 4.04. The Morgan fingerprint density at radius 3 is 2.84 bits per heavy atom. The van der Waals surface area contributed by atoms with Crippen LogP contribution in [0.25, 0.3) is 0 Å². The molecule has 4 heteroatoms. The lowest BCUT2D eigenvalue weighted by Gasteiger charge is -2.11. The van der Waals surface area contributed by atoms with Gasteiger partial charge in [0.15, 0.2) is 0 Å². The Kier molecular flexibility index (Phi) is 4.93. The summed E-state index contributed by atoms with van der Waals surface area (Å²) in [4.78, 5) is 4.50. The summed E-state index contributed by atoms with van der Waals surface area (Å²) >= 11 is 3.46. The van der Waals surface area contributed by atoms with Gasteiger partial charge in [-0.2, -0.15) is 0 Å². The molecule has 0 aliphatic heterocycles. The highest BCUT2D eigenvalue weighted by Crippen LogP contribution is 2.19. The number of ether oxygens (including phenoxy) is 1. The van der Waals surface area contributed by atoms with Crippen LogP contribution in [-0.4, -0.2) is 12.0 Å². The summed E-state index contributed by atoms with van der Waals surface area (Å²) in [5, 5.41) is 3.11. The molecule has 0 saturated carbocycles. The Morgan fingerprint density at radius 1 is 1.26 bits per heavy atom. The molecule has 0 atom stereocenters. The van der Waals surface area contributed by atoms with Crippen molar-refractivity contribution in [2.45, 2.75) is 20.1 Å². The monoisotopic (exact) mass is 320 g/mol. The Labute approximate surface area is 122 Å². The van der Waals surface area contributed by atoms with Gasteiger partial charge in [0, 0.05) is 16.7 Å². The minimum Gasteiger partial charge on any atom is -0.487 e. The van der Waals surface area contributed by atoms with E-state index < -0.39 is 0 Å². The van der Waals surface area contributed by atoms with Crippen molar-refractivity contribution in [3.63, 3.8) is 0 Å². The molecule has 0 unspecified atom stereocenters. The third-order valence-electron chi connectivity index (χ3n) is 2.70. The van der Waals surface area contributed by atoms with Crippen LogP contribution in [0.1, 0.15) is 17.0 Å². The lowest BCUT2D eigenvalue weighted by molar-refractivity contribution is 0.300. The molecule has 2 aromatic rings. The quantitative estimate of drug-likeness (QED) is 0.916. The molecule has 0 aliphatic rings. The minimum atomic E-state index is 0.543. The second-order valence-electron chi connectivity index (χ2n) is 4.35. The maximum Gasteiger partial charge on any atom is 0.142 e. The van der Waals surface area contributed by atoms with Crippen molar-refractivity contribution in [2.75, 3.05) is 7.05 Å². The standard InChI is InChI=1S/C15H17BrN2O/c1-11-6-7-15(14(18-11)9-17-2)19-10-12-4-3-5-13(16)8-12/h3-8,17H,9-10H2,1-2H3. The number of aryl methyl sites for hydroxylation is 1. The fraction of sp³-hybridized carbons (Fsp3) is 0.267. The summed E-state index contributed by atoms with van der Waals surface area (Å²) < 4.78 is 6.92. The predicted molar refractivity (Wildman–Crippen MR) is 80.2 cm³/mol. The SMILES string of the molecule is CNCc1nc(C)ccc1OCc1cccc(Br)c1. The van der Waals surface area contributed by atoms with Gasteiger partial charge in [-0.15, -0.1) is 0 Å². The van der Waals surface area contributed by atoms with Crippen LogP contribution >= 0.6 is 15.9 Å². The molecule has 2 rings (SSSR count). The van der Waals surface area contributed by atoms with Crippen LogP contribution in [0.15, 0.2) is 40.9 Å². The van der Waals surface area contributed by atoms with Gasteiger partial charge in [0.1, 0.15) is 12.4 Å². The van der Waals surface area contributed by atoms with Crippen molar-refractivity contribution in [1.29, 1.82) is 0 Å². The van der Waals surface area contributed by atoms with E-state index in [2.05, 4.69) is 32.3 Å². The summed E-state index contributed by atoms with van der Waals surface area (Å²) in [6.45, 7) is 3.23. The summed E-state index contributed by atoms with van der Waals surface area (Å²) in [6, 6.07) is 12.1. The van der Waals surface area contributed by atoms with Gasteiger partial charge in [0.05, 0.1) is 5.69 Å². The van der Waals surface area contributed by atoms with Crippen molar-refractivity contribution < 1.29 is 4.74 Å². The molecule has 0 spiro atoms. The van der Waals surface area contributed by atoms with E-state index in [1.54, 1.807) is 0 Å². The molecule has 100 valence electrons. The topological polar surface area (TPSA) is 34.2 Å². The average molecular weight is 321 g/mol. The zero-order valence-electron chi connectivity index (χ0n) is 11.1. The molecule has 0 saturated heterocycles. The van der Waals surface area contributed by atoms with E-state index in [0.717, 1.165) is 27.2 Å². The predicted octanol–water partition coefficient (Wildman–Crippen LogP) is 3.45. The van der Waals surface area contributed by atoms with Crippen molar-refractivity contribution in [3.05, 3.63) is 57.8 Å². The van der Waals surface area contributed by atoms with E-state index in [1.807, 2.05) is 44.3 Å². The fourth-order valence-corrected chi connectivity index (χ4v) is 2.26. The number of halogens is 1. The van der Waals surface area contributed by atoms with E-state index in [1.165, 1.54) is 0 Å². The highest BCUT2D eigenvalue weighted by Gasteiger charge is 2.05. The van der Waals surface area contributed by atoms with E-state index >= 15 is 0 Å². The van der Waals surface area contributed by atoms with E-state index in [4.69, 9.17) is 4.74 Å². The molecule has 0 amide bonds. The zero-order chi connectivity index (χ0) is 13.7. The summed E-state index contributed by atoms with van der Waals surface area (Å²) in [5.41, 5.74) is 3.07. The van der Waals surface area contributed by atoms with Gasteiger partial charge in [-0.25, -0.2) is 0 Å². The molecule has 3 nitrogen and oxygen atoms in total. The first-order chi connectivity index (χ1) is 9.19. The van der Waals surface area contributed by atoms with Crippen LogP contribution in [0.2, 0.25) is 0 Å². The highest BCUT2D eigenvalue weighted by molar-refractivity contribution is 9.10. The minimum absolute atomic E-state index is 0.543. The first-order valence-corrected chi connectivity index (χ1v) is 6.96. The van der Waals surface area contributed by atoms with E-state index in [-0.39, 0.29) is 0 Å². The second-order valence-corrected chi connectivity index (χ2v) is 5.26. The van der Waals surface area contributed by atoms with Gasteiger partial charge in [0.2, 0.25) is 0 Å². The van der Waals surface area contributed by atoms with Gasteiger partial charge >= 0.3 is 0 Å². The summed E-state index contributed by atoms with van der Waals surface area (Å²) in [6.07, 6.45) is 0. The molecule has 0 aliphatic carbocycles. The summed E-state index contributed by atoms with van der Waals surface area (Å²) in [7, 11) is 1.90. The Balaban J connectivity index is 2.10. The number of aromatic nitrogens is 1. The first-order valence-electron chi connectivity index (χ1n) is 6.17. The molecule has 1 aromatic carbocycles. The van der Waals surface area contributed by atoms with Crippen LogP contribution in [0.5, 0.6) is 5.75 Å². The van der Waals surface area contributed by atoms with Crippen molar-refractivity contribution in [3.8, 4) is 5.75 Å². The molecule has 1 aromatic heterocycles. The normalized spacial score (nSPS) is 10.5. The average Bonchev–Trinajstić information content (AvgIpc) is 2.38. The number of rotatable bonds is 5. The van der Waals surface area contributed by atoms with Crippen molar-refractivity contribution in [2.24, 2.45) is 0 Å². The number of nitrogens with one attached hydrogen (secondary N) is 1. The second kappa shape index (κ2) is 6.68. The fourth-order valence-electron chi connectivity index (χ4n) is 1.81. The molecular weight excluding hydrogens is 304 g/mol. The molecule has 1 heterocycles. The van der Waals surface area contributed by atoms with E-state index in [9.17, 15) is 0 Å². The number of pyridine rings is 1. The van der Waals surface area contributed by atoms with Gasteiger partial charge < -0.3 is 10.1 Å². The van der Waals surface area contributed by atoms with Crippen molar-refractivity contribution in [1.82, 2.24) is 10.3 Å². The molecule has 0 bridgehead atoms. The molecular formula is C15H17BrN2O. The Morgan fingerprint density at radius 2 is 2.11 bits per heavy atom. The maximum atomic E-state index is 5.86. The van der Waals surface area contributed by atoms with Crippen LogP contribution in [-0.2, 0) is 13.2 Å². The number of hydrogen-bond donors (Lipinski definition) is 1. The highest BCUT2D eigenvalue weighted by atomic mass is 79.9. The maximum absolute atomic E-state index is 5.86. The molecule has 19 heavy (non-hydrogen) atoms. The van der Waals surface area contributed by atoms with Gasteiger partial charge in [-0.1, -0.05) is 28.1 Å². The number of nitrogens with zero attached hydrogens (tertiary/aromatic N) is 1. The van der Waals surface area contributed by atoms with E-state index in [0.29, 0.717) is 13.2 Å². The summed E-state index contributed by atoms with van der Waals surface area (Å²) in [5.74, 6) is 0.833. The van der Waals surface area contributed by atoms with Crippen LogP contribution in [0.3, 0.4) is 0 Å². The van der Waals surface area contributed by atoms with Crippen LogP contribution in [0, 0.1) is 6.92 Å². The smallest absolute Gasteiger partial charge is 0.142 e. The van der Waals surface area contributed by atoms with Crippen LogP contribution in [0.4, 0.5) is 0 Å². The van der Waals surface area contributed by atoms with Gasteiger partial charge in [-0.3, -0.25) is 4.98 Å². The number of hydrogen-bond acceptors (Lipinski definition) is 3. The largest absolute Gasteiger partial charge is 0.487 e. The van der Waals surface area contributed by atoms with Crippen LogP contribution < -0.4 is 10.1 Å². The van der Waals surface area contributed by atoms with Gasteiger partial charge in [-0.05, 0) is 43.8 Å². The van der Waals surface area contributed by atoms with Gasteiger partial charge in [0.25, 0.3) is 0 Å². The third-order valence-corrected chi connectivity index (χ3v) is 3.19. The Hall–Kier alpha value is -1.39. The lowest BCUT2D eigenvalue weighted by Crippen LogP contribution is -2.10. The lowest BCUT2D eigenvalue weighted by atomic mass is 10.2. The molecule has 1 N–H and O–H groups in total. The molecule has 0 radical (unpaired) electrons. The Bertz CT molecular complexity index is 558. The number of benzene rings is 1. The first kappa shape index (κ1) is 14.0.